The summed E-state index contributed by atoms with van der Waals surface area (Å²) in [6.45, 7) is 6.38. The van der Waals surface area contributed by atoms with Gasteiger partial charge in [-0.05, 0) is 43.4 Å². The molecule has 4 rings (SSSR count). The van der Waals surface area contributed by atoms with Crippen LogP contribution in [0.5, 0.6) is 0 Å². The molecule has 0 radical (unpaired) electrons. The highest BCUT2D eigenvalue weighted by atomic mass is 32.2. The van der Waals surface area contributed by atoms with E-state index in [0.29, 0.717) is 11.7 Å². The number of carbonyl (C=O) groups excluding carboxylic acids is 1. The number of fused-ring (bicyclic) bond motifs is 2. The van der Waals surface area contributed by atoms with Crippen molar-refractivity contribution >= 4 is 35.1 Å². The van der Waals surface area contributed by atoms with Crippen molar-refractivity contribution in [1.82, 2.24) is 0 Å². The van der Waals surface area contributed by atoms with Crippen molar-refractivity contribution < 1.29 is 9.21 Å². The van der Waals surface area contributed by atoms with Crippen molar-refractivity contribution in [2.24, 2.45) is 0 Å². The number of furan rings is 1. The Balaban J connectivity index is 1.60. The molecule has 0 unspecified atom stereocenters. The van der Waals surface area contributed by atoms with Gasteiger partial charge in [0.15, 0.2) is 5.76 Å². The lowest BCUT2D eigenvalue weighted by Gasteiger charge is -2.31. The zero-order valence-corrected chi connectivity index (χ0v) is 17.2. The molecule has 3 nitrogen and oxygen atoms in total. The van der Waals surface area contributed by atoms with E-state index in [9.17, 15) is 4.79 Å². The Labute approximate surface area is 163 Å². The molecular weight excluding hydrogens is 362 g/mol. The zero-order chi connectivity index (χ0) is 18.3. The number of aryl methyl sites for hydroxylation is 1. The van der Waals surface area contributed by atoms with Crippen LogP contribution in [0.15, 0.2) is 28.7 Å². The molecule has 5 heteroatoms. The average molecular weight is 388 g/mol. The molecule has 2 heterocycles. The quantitative estimate of drug-likeness (QED) is 0.708. The lowest BCUT2D eigenvalue weighted by molar-refractivity contribution is 0.0994. The smallest absolute Gasteiger partial charge is 0.291 e. The first-order chi connectivity index (χ1) is 12.5. The van der Waals surface area contributed by atoms with E-state index in [1.165, 1.54) is 29.1 Å². The van der Waals surface area contributed by atoms with Crippen LogP contribution in [0.3, 0.4) is 0 Å². The number of rotatable bonds is 3. The van der Waals surface area contributed by atoms with Crippen molar-refractivity contribution in [3.63, 3.8) is 0 Å². The Morgan fingerprint density at radius 2 is 1.88 bits per heavy atom. The molecule has 1 aromatic heterocycles. The predicted molar refractivity (Wildman–Crippen MR) is 111 cm³/mol. The Kier molecular flexibility index (Phi) is 4.86. The van der Waals surface area contributed by atoms with E-state index in [0.717, 1.165) is 29.9 Å². The van der Waals surface area contributed by atoms with Crippen molar-refractivity contribution in [2.75, 3.05) is 16.8 Å². The fraction of sp³-hybridized carbons (Fsp3) is 0.476. The first-order valence-electron chi connectivity index (χ1n) is 9.32. The molecule has 0 saturated carbocycles. The standard InChI is InChI=1S/C21H25NO2S2/c1-13(2)15-6-8-16(9-7-15)22-20(23)19-14(3)18-17(24-19)5-4-10-21(18)25-11-12-26-21/h6-9,13H,4-5,10-12H2,1-3H3,(H,22,23). The Hall–Kier alpha value is -1.33. The molecule has 2 aliphatic rings. The maximum Gasteiger partial charge on any atom is 0.291 e. The summed E-state index contributed by atoms with van der Waals surface area (Å²) < 4.78 is 6.19. The highest BCUT2D eigenvalue weighted by Crippen LogP contribution is 2.59. The molecular formula is C21H25NO2S2. The maximum absolute atomic E-state index is 12.9. The van der Waals surface area contributed by atoms with E-state index in [1.54, 1.807) is 0 Å². The van der Waals surface area contributed by atoms with Gasteiger partial charge in [-0.25, -0.2) is 0 Å². The van der Waals surface area contributed by atoms with Crippen molar-refractivity contribution in [3.8, 4) is 0 Å². The molecule has 1 fully saturated rings. The molecule has 1 aromatic carbocycles. The Morgan fingerprint density at radius 1 is 1.19 bits per heavy atom. The highest BCUT2D eigenvalue weighted by molar-refractivity contribution is 8.20. The van der Waals surface area contributed by atoms with Gasteiger partial charge in [0.1, 0.15) is 5.76 Å². The van der Waals surface area contributed by atoms with E-state index in [4.69, 9.17) is 4.42 Å². The maximum atomic E-state index is 12.9. The summed E-state index contributed by atoms with van der Waals surface area (Å²) in [6.07, 6.45) is 3.25. The highest BCUT2D eigenvalue weighted by Gasteiger charge is 2.45. The Bertz CT molecular complexity index is 817. The van der Waals surface area contributed by atoms with Crippen LogP contribution in [0.4, 0.5) is 5.69 Å². The minimum Gasteiger partial charge on any atom is -0.455 e. The van der Waals surface area contributed by atoms with Gasteiger partial charge in [-0.1, -0.05) is 26.0 Å². The van der Waals surface area contributed by atoms with Gasteiger partial charge >= 0.3 is 0 Å². The number of amides is 1. The van der Waals surface area contributed by atoms with Crippen molar-refractivity contribution in [1.29, 1.82) is 0 Å². The average Bonchev–Trinajstić information content (AvgIpc) is 3.21. The summed E-state index contributed by atoms with van der Waals surface area (Å²) in [4.78, 5) is 12.9. The molecule has 1 aliphatic carbocycles. The third kappa shape index (κ3) is 3.09. The zero-order valence-electron chi connectivity index (χ0n) is 15.6. The molecule has 1 saturated heterocycles. The third-order valence-electron chi connectivity index (χ3n) is 5.31. The SMILES string of the molecule is Cc1c(C(=O)Nc2ccc(C(C)C)cc2)oc2c1C1(CCC2)SCCS1. The first-order valence-corrected chi connectivity index (χ1v) is 11.3. The summed E-state index contributed by atoms with van der Waals surface area (Å²) in [5.74, 6) is 4.21. The van der Waals surface area contributed by atoms with Gasteiger partial charge in [0, 0.05) is 34.7 Å². The lowest BCUT2D eigenvalue weighted by atomic mass is 9.94. The van der Waals surface area contributed by atoms with Crippen LogP contribution in [0.2, 0.25) is 0 Å². The van der Waals surface area contributed by atoms with Crippen LogP contribution in [-0.4, -0.2) is 17.4 Å². The minimum atomic E-state index is -0.141. The van der Waals surface area contributed by atoms with Crippen LogP contribution >= 0.6 is 23.5 Å². The number of thioether (sulfide) groups is 2. The molecule has 1 aliphatic heterocycles. The molecule has 138 valence electrons. The van der Waals surface area contributed by atoms with Gasteiger partial charge in [0.05, 0.1) is 4.08 Å². The lowest BCUT2D eigenvalue weighted by Crippen LogP contribution is -2.21. The van der Waals surface area contributed by atoms with E-state index < -0.39 is 0 Å². The summed E-state index contributed by atoms with van der Waals surface area (Å²) in [5, 5.41) is 3.01. The number of benzene rings is 1. The molecule has 0 bridgehead atoms. The number of hydrogen-bond acceptors (Lipinski definition) is 4. The molecule has 2 aromatic rings. The van der Waals surface area contributed by atoms with Gasteiger partial charge in [-0.3, -0.25) is 4.79 Å². The molecule has 0 atom stereocenters. The first kappa shape index (κ1) is 18.1. The predicted octanol–water partition coefficient (Wildman–Crippen LogP) is 5.93. The van der Waals surface area contributed by atoms with Crippen molar-refractivity contribution in [2.45, 2.75) is 50.0 Å². The van der Waals surface area contributed by atoms with Gasteiger partial charge in [-0.2, -0.15) is 0 Å². The fourth-order valence-corrected chi connectivity index (χ4v) is 7.51. The van der Waals surface area contributed by atoms with Gasteiger partial charge in [0.2, 0.25) is 0 Å². The fourth-order valence-electron chi connectivity index (χ4n) is 3.95. The molecule has 1 N–H and O–H groups in total. The molecule has 1 spiro atoms. The van der Waals surface area contributed by atoms with E-state index in [-0.39, 0.29) is 9.99 Å². The number of anilines is 1. The van der Waals surface area contributed by atoms with E-state index in [2.05, 4.69) is 31.3 Å². The van der Waals surface area contributed by atoms with Crippen LogP contribution in [0.1, 0.15) is 65.6 Å². The second-order valence-electron chi connectivity index (χ2n) is 7.39. The Morgan fingerprint density at radius 3 is 2.54 bits per heavy atom. The summed E-state index contributed by atoms with van der Waals surface area (Å²) >= 11 is 4.05. The molecule has 26 heavy (non-hydrogen) atoms. The van der Waals surface area contributed by atoms with Crippen LogP contribution in [-0.2, 0) is 10.5 Å². The molecule has 1 amide bonds. The second-order valence-corrected chi connectivity index (χ2v) is 10.4. The number of nitrogens with one attached hydrogen (secondary N) is 1. The normalized spacial score (nSPS) is 18.3. The second kappa shape index (κ2) is 7.01. The van der Waals surface area contributed by atoms with Crippen molar-refractivity contribution in [3.05, 3.63) is 52.5 Å². The van der Waals surface area contributed by atoms with Gasteiger partial charge in [-0.15, -0.1) is 23.5 Å². The summed E-state index contributed by atoms with van der Waals surface area (Å²) in [7, 11) is 0. The minimum absolute atomic E-state index is 0.110. The summed E-state index contributed by atoms with van der Waals surface area (Å²) in [5.41, 5.74) is 4.40. The van der Waals surface area contributed by atoms with Gasteiger partial charge in [0.25, 0.3) is 5.91 Å². The van der Waals surface area contributed by atoms with Gasteiger partial charge < -0.3 is 9.73 Å². The van der Waals surface area contributed by atoms with E-state index >= 15 is 0 Å². The van der Waals surface area contributed by atoms with Crippen LogP contribution in [0.25, 0.3) is 0 Å². The topological polar surface area (TPSA) is 42.2 Å². The largest absolute Gasteiger partial charge is 0.455 e. The number of hydrogen-bond donors (Lipinski definition) is 1. The number of carbonyl (C=O) groups is 1. The summed E-state index contributed by atoms with van der Waals surface area (Å²) in [6, 6.07) is 8.08. The third-order valence-corrected chi connectivity index (χ3v) is 8.84. The van der Waals surface area contributed by atoms with Crippen LogP contribution < -0.4 is 5.32 Å². The monoisotopic (exact) mass is 387 g/mol. The van der Waals surface area contributed by atoms with Crippen LogP contribution in [0, 0.1) is 6.92 Å². The van der Waals surface area contributed by atoms with E-state index in [1.807, 2.05) is 42.6 Å².